The van der Waals surface area contributed by atoms with Gasteiger partial charge in [-0.25, -0.2) is 9.59 Å². The standard InChI is InChI=1S/C25H30O6/c1-4-6-16-28-20-8-12-22(13-9-20)30-24(26)18-19(3)25(27)31-23-14-10-21(11-15-23)29-17-7-5-2/h8-15,18H,4-7,16-17H2,1-3H3. The molecule has 31 heavy (non-hydrogen) atoms. The molecule has 0 radical (unpaired) electrons. The van der Waals surface area contributed by atoms with Crippen LogP contribution in [0.2, 0.25) is 0 Å². The molecule has 6 heteroatoms. The fraction of sp³-hybridized carbons (Fsp3) is 0.360. The van der Waals surface area contributed by atoms with Crippen LogP contribution in [-0.2, 0) is 9.59 Å². The Kier molecular flexibility index (Phi) is 10.1. The lowest BCUT2D eigenvalue weighted by molar-refractivity contribution is -0.132. The molecule has 0 saturated heterocycles. The molecule has 2 rings (SSSR count). The van der Waals surface area contributed by atoms with Crippen molar-refractivity contribution in [1.82, 2.24) is 0 Å². The average Bonchev–Trinajstić information content (AvgIpc) is 2.76. The van der Waals surface area contributed by atoms with Crippen LogP contribution in [0.4, 0.5) is 0 Å². The number of carbonyl (C=O) groups excluding carboxylic acids is 2. The minimum atomic E-state index is -0.659. The van der Waals surface area contributed by atoms with E-state index in [1.165, 1.54) is 6.92 Å². The lowest BCUT2D eigenvalue weighted by Gasteiger charge is -2.08. The minimum absolute atomic E-state index is 0.132. The van der Waals surface area contributed by atoms with Crippen LogP contribution in [0.3, 0.4) is 0 Å². The molecular weight excluding hydrogens is 396 g/mol. The SMILES string of the molecule is CCCCOc1ccc(OC(=O)C=C(C)C(=O)Oc2ccc(OCCCC)cc2)cc1. The first-order valence-corrected chi connectivity index (χ1v) is 10.6. The van der Waals surface area contributed by atoms with Crippen LogP contribution in [0.15, 0.2) is 60.2 Å². The van der Waals surface area contributed by atoms with Crippen molar-refractivity contribution in [2.24, 2.45) is 0 Å². The van der Waals surface area contributed by atoms with Gasteiger partial charge in [0.05, 0.1) is 13.2 Å². The summed E-state index contributed by atoms with van der Waals surface area (Å²) in [7, 11) is 0. The largest absolute Gasteiger partial charge is 0.494 e. The molecule has 0 aliphatic carbocycles. The number of ether oxygens (including phenoxy) is 4. The number of hydrogen-bond donors (Lipinski definition) is 0. The molecule has 0 aliphatic rings. The maximum absolute atomic E-state index is 12.2. The van der Waals surface area contributed by atoms with Gasteiger partial charge in [0.2, 0.25) is 0 Å². The lowest BCUT2D eigenvalue weighted by Crippen LogP contribution is -2.13. The van der Waals surface area contributed by atoms with Crippen LogP contribution in [0.5, 0.6) is 23.0 Å². The van der Waals surface area contributed by atoms with Gasteiger partial charge >= 0.3 is 11.9 Å². The molecule has 0 bridgehead atoms. The van der Waals surface area contributed by atoms with E-state index in [4.69, 9.17) is 18.9 Å². The van der Waals surface area contributed by atoms with Crippen molar-refractivity contribution in [2.45, 2.75) is 46.5 Å². The van der Waals surface area contributed by atoms with E-state index in [0.717, 1.165) is 31.8 Å². The second kappa shape index (κ2) is 13.1. The van der Waals surface area contributed by atoms with Crippen LogP contribution < -0.4 is 18.9 Å². The first-order chi connectivity index (χ1) is 15.0. The van der Waals surface area contributed by atoms with Gasteiger partial charge in [-0.15, -0.1) is 0 Å². The number of esters is 2. The maximum atomic E-state index is 12.2. The topological polar surface area (TPSA) is 71.1 Å². The second-order valence-corrected chi connectivity index (χ2v) is 6.98. The Morgan fingerprint density at radius 3 is 1.58 bits per heavy atom. The summed E-state index contributed by atoms with van der Waals surface area (Å²) in [5.74, 6) is 0.873. The Labute approximate surface area is 183 Å². The summed E-state index contributed by atoms with van der Waals surface area (Å²) >= 11 is 0. The highest BCUT2D eigenvalue weighted by atomic mass is 16.5. The number of unbranched alkanes of at least 4 members (excludes halogenated alkanes) is 2. The van der Waals surface area contributed by atoms with Crippen molar-refractivity contribution in [3.05, 3.63) is 60.2 Å². The summed E-state index contributed by atoms with van der Waals surface area (Å²) in [4.78, 5) is 24.3. The molecule has 0 unspecified atom stereocenters. The van der Waals surface area contributed by atoms with Gasteiger partial charge in [0.25, 0.3) is 0 Å². The third-order valence-electron chi connectivity index (χ3n) is 4.27. The Morgan fingerprint density at radius 2 is 1.13 bits per heavy atom. The van der Waals surface area contributed by atoms with Crippen LogP contribution >= 0.6 is 0 Å². The fourth-order valence-corrected chi connectivity index (χ4v) is 2.45. The molecule has 0 spiro atoms. The molecule has 6 nitrogen and oxygen atoms in total. The third kappa shape index (κ3) is 8.95. The molecule has 0 aliphatic heterocycles. The Balaban J connectivity index is 1.84. The van der Waals surface area contributed by atoms with Crippen molar-refractivity contribution in [2.75, 3.05) is 13.2 Å². The van der Waals surface area contributed by atoms with Crippen LogP contribution in [0, 0.1) is 0 Å². The smallest absolute Gasteiger partial charge is 0.339 e. The quantitative estimate of drug-likeness (QED) is 0.193. The predicted octanol–water partition coefficient (Wildman–Crippen LogP) is 5.50. The van der Waals surface area contributed by atoms with Gasteiger partial charge < -0.3 is 18.9 Å². The lowest BCUT2D eigenvalue weighted by atomic mass is 10.2. The van der Waals surface area contributed by atoms with Crippen LogP contribution in [0.1, 0.15) is 46.5 Å². The van der Waals surface area contributed by atoms with Crippen molar-refractivity contribution < 1.29 is 28.5 Å². The number of hydrogen-bond acceptors (Lipinski definition) is 6. The molecule has 0 fully saturated rings. The predicted molar refractivity (Wildman–Crippen MR) is 119 cm³/mol. The molecule has 2 aromatic rings. The van der Waals surface area contributed by atoms with Gasteiger partial charge in [0, 0.05) is 11.6 Å². The van der Waals surface area contributed by atoms with Crippen molar-refractivity contribution >= 4 is 11.9 Å². The van der Waals surface area contributed by atoms with Gasteiger partial charge in [-0.3, -0.25) is 0 Å². The highest BCUT2D eigenvalue weighted by Gasteiger charge is 2.11. The Bertz CT molecular complexity index is 853. The first-order valence-electron chi connectivity index (χ1n) is 10.6. The monoisotopic (exact) mass is 426 g/mol. The average molecular weight is 427 g/mol. The van der Waals surface area contributed by atoms with Gasteiger partial charge in [0.1, 0.15) is 23.0 Å². The summed E-state index contributed by atoms with van der Waals surface area (Å²) in [6.07, 6.45) is 5.18. The number of carbonyl (C=O) groups is 2. The van der Waals surface area contributed by atoms with Gasteiger partial charge in [-0.05, 0) is 68.3 Å². The van der Waals surface area contributed by atoms with E-state index in [2.05, 4.69) is 13.8 Å². The second-order valence-electron chi connectivity index (χ2n) is 6.98. The number of benzene rings is 2. The van der Waals surface area contributed by atoms with Crippen molar-refractivity contribution in [3.63, 3.8) is 0 Å². The summed E-state index contributed by atoms with van der Waals surface area (Å²) < 4.78 is 21.7. The zero-order valence-corrected chi connectivity index (χ0v) is 18.4. The maximum Gasteiger partial charge on any atom is 0.339 e. The minimum Gasteiger partial charge on any atom is -0.494 e. The molecule has 2 aromatic carbocycles. The van der Waals surface area contributed by atoms with Crippen molar-refractivity contribution in [1.29, 1.82) is 0 Å². The molecular formula is C25H30O6. The molecule has 166 valence electrons. The molecule has 0 heterocycles. The van der Waals surface area contributed by atoms with E-state index in [-0.39, 0.29) is 5.57 Å². The fourth-order valence-electron chi connectivity index (χ4n) is 2.45. The Hall–Kier alpha value is -3.28. The summed E-state index contributed by atoms with van der Waals surface area (Å²) in [5, 5.41) is 0. The molecule has 0 saturated carbocycles. The zero-order valence-electron chi connectivity index (χ0n) is 18.4. The van der Waals surface area contributed by atoms with E-state index in [0.29, 0.717) is 36.2 Å². The van der Waals surface area contributed by atoms with Crippen molar-refractivity contribution in [3.8, 4) is 23.0 Å². The normalized spacial score (nSPS) is 11.0. The van der Waals surface area contributed by atoms with Gasteiger partial charge in [-0.1, -0.05) is 26.7 Å². The summed E-state index contributed by atoms with van der Waals surface area (Å²) in [6.45, 7) is 6.98. The summed E-state index contributed by atoms with van der Waals surface area (Å²) in [5.41, 5.74) is 0.132. The van der Waals surface area contributed by atoms with E-state index in [9.17, 15) is 9.59 Å². The van der Waals surface area contributed by atoms with E-state index >= 15 is 0 Å². The van der Waals surface area contributed by atoms with Crippen LogP contribution in [-0.4, -0.2) is 25.2 Å². The van der Waals surface area contributed by atoms with Gasteiger partial charge in [0.15, 0.2) is 0 Å². The molecule has 0 atom stereocenters. The Morgan fingerprint density at radius 1 is 0.710 bits per heavy atom. The van der Waals surface area contributed by atoms with E-state index in [1.807, 2.05) is 0 Å². The zero-order chi connectivity index (χ0) is 22.5. The number of rotatable bonds is 12. The molecule has 0 amide bonds. The molecule has 0 aromatic heterocycles. The van der Waals surface area contributed by atoms with E-state index in [1.54, 1.807) is 48.5 Å². The highest BCUT2D eigenvalue weighted by Crippen LogP contribution is 2.20. The molecule has 0 N–H and O–H groups in total. The van der Waals surface area contributed by atoms with Crippen LogP contribution in [0.25, 0.3) is 0 Å². The highest BCUT2D eigenvalue weighted by molar-refractivity contribution is 5.97. The first kappa shape index (κ1) is 24.0. The third-order valence-corrected chi connectivity index (χ3v) is 4.27. The van der Waals surface area contributed by atoms with Gasteiger partial charge in [-0.2, -0.15) is 0 Å². The van der Waals surface area contributed by atoms with E-state index < -0.39 is 11.9 Å². The summed E-state index contributed by atoms with van der Waals surface area (Å²) in [6, 6.07) is 13.5.